The van der Waals surface area contributed by atoms with E-state index in [9.17, 15) is 9.59 Å². The Balaban J connectivity index is 1.84. The first kappa shape index (κ1) is 17.0. The van der Waals surface area contributed by atoms with Gasteiger partial charge in [0.15, 0.2) is 11.2 Å². The predicted molar refractivity (Wildman–Crippen MR) is 106 cm³/mol. The zero-order valence-electron chi connectivity index (χ0n) is 15.8. The molecule has 8 heteroatoms. The highest BCUT2D eigenvalue weighted by Crippen LogP contribution is 2.27. The maximum Gasteiger partial charge on any atom is 0.332 e. The van der Waals surface area contributed by atoms with Crippen LogP contribution >= 0.6 is 0 Å². The van der Waals surface area contributed by atoms with Gasteiger partial charge in [-0.05, 0) is 18.4 Å². The molecule has 0 spiro atoms. The van der Waals surface area contributed by atoms with E-state index in [1.807, 2.05) is 36.5 Å². The van der Waals surface area contributed by atoms with Crippen LogP contribution in [-0.4, -0.2) is 35.8 Å². The minimum absolute atomic E-state index is 0.116. The third-order valence-corrected chi connectivity index (χ3v) is 5.54. The maximum absolute atomic E-state index is 12.8. The Hall–Kier alpha value is -3.13. The Morgan fingerprint density at radius 3 is 2.64 bits per heavy atom. The van der Waals surface area contributed by atoms with Crippen molar-refractivity contribution in [2.45, 2.75) is 25.5 Å². The second-order valence-corrected chi connectivity index (χ2v) is 7.29. The summed E-state index contributed by atoms with van der Waals surface area (Å²) < 4.78 is 12.3. The van der Waals surface area contributed by atoms with Crippen LogP contribution in [0.1, 0.15) is 12.8 Å². The number of hydrogen-bond donors (Lipinski definition) is 0. The number of aromatic nitrogens is 5. The quantitative estimate of drug-likeness (QED) is 0.541. The summed E-state index contributed by atoms with van der Waals surface area (Å²) in [7, 11) is 3.13. The third-order valence-electron chi connectivity index (χ3n) is 5.54. The van der Waals surface area contributed by atoms with Crippen LogP contribution in [0.2, 0.25) is 0 Å². The second-order valence-electron chi connectivity index (χ2n) is 7.29. The smallest absolute Gasteiger partial charge is 0.332 e. The van der Waals surface area contributed by atoms with Crippen molar-refractivity contribution in [3.8, 4) is 11.3 Å². The topological polar surface area (TPSA) is 75.5 Å². The standard InChI is InChI=1S/C20H21N5O3/c1-22-17-16(18(26)23(2)20(22)27)25-12-15(13-7-4-3-5-8-13)24(19(25)21-17)11-14-9-6-10-28-14/h3-5,7-8,12,14H,6,9-11H2,1-2H3. The van der Waals surface area contributed by atoms with E-state index in [1.54, 1.807) is 11.4 Å². The summed E-state index contributed by atoms with van der Waals surface area (Å²) in [5.74, 6) is 0.641. The SMILES string of the molecule is Cn1c(=O)c2c(nc3n(CC4CCCO4)c(-c4ccccc4)cn23)n(C)c1=O. The van der Waals surface area contributed by atoms with Crippen LogP contribution in [0.3, 0.4) is 0 Å². The normalized spacial score (nSPS) is 17.1. The van der Waals surface area contributed by atoms with Crippen LogP contribution < -0.4 is 11.2 Å². The Kier molecular flexibility index (Phi) is 3.77. The lowest BCUT2D eigenvalue weighted by Crippen LogP contribution is -2.37. The number of benzene rings is 1. The molecule has 4 aromatic rings. The Morgan fingerprint density at radius 1 is 1.14 bits per heavy atom. The van der Waals surface area contributed by atoms with Crippen molar-refractivity contribution in [2.75, 3.05) is 6.61 Å². The summed E-state index contributed by atoms with van der Waals surface area (Å²) in [5, 5.41) is 0. The lowest BCUT2D eigenvalue weighted by atomic mass is 10.1. The highest BCUT2D eigenvalue weighted by atomic mass is 16.5. The van der Waals surface area contributed by atoms with E-state index >= 15 is 0 Å². The van der Waals surface area contributed by atoms with Gasteiger partial charge in [-0.3, -0.25) is 18.3 Å². The summed E-state index contributed by atoms with van der Waals surface area (Å²) >= 11 is 0. The largest absolute Gasteiger partial charge is 0.376 e. The fourth-order valence-corrected chi connectivity index (χ4v) is 4.03. The first-order valence-corrected chi connectivity index (χ1v) is 9.40. The molecule has 28 heavy (non-hydrogen) atoms. The zero-order valence-corrected chi connectivity index (χ0v) is 15.8. The number of fused-ring (bicyclic) bond motifs is 3. The molecule has 1 aromatic carbocycles. The Labute approximate surface area is 160 Å². The number of ether oxygens (including phenoxy) is 1. The summed E-state index contributed by atoms with van der Waals surface area (Å²) in [6.45, 7) is 1.42. The number of aryl methyl sites for hydroxylation is 1. The third kappa shape index (κ3) is 2.37. The summed E-state index contributed by atoms with van der Waals surface area (Å²) in [6.07, 6.45) is 4.10. The van der Waals surface area contributed by atoms with Crippen molar-refractivity contribution in [2.24, 2.45) is 14.1 Å². The summed E-state index contributed by atoms with van der Waals surface area (Å²) in [6, 6.07) is 10.0. The molecule has 0 N–H and O–H groups in total. The molecule has 1 atom stereocenters. The van der Waals surface area contributed by atoms with Gasteiger partial charge in [0.05, 0.1) is 18.3 Å². The molecule has 1 saturated heterocycles. The van der Waals surface area contributed by atoms with Crippen molar-refractivity contribution < 1.29 is 4.74 Å². The monoisotopic (exact) mass is 379 g/mol. The van der Waals surface area contributed by atoms with Gasteiger partial charge in [0, 0.05) is 26.9 Å². The summed E-state index contributed by atoms with van der Waals surface area (Å²) in [5.41, 5.74) is 2.08. The first-order valence-electron chi connectivity index (χ1n) is 9.40. The van der Waals surface area contributed by atoms with Gasteiger partial charge in [-0.15, -0.1) is 0 Å². The minimum atomic E-state index is -0.382. The van der Waals surface area contributed by atoms with Crippen LogP contribution in [0.25, 0.3) is 28.2 Å². The van der Waals surface area contributed by atoms with Crippen molar-refractivity contribution >= 4 is 16.9 Å². The van der Waals surface area contributed by atoms with Gasteiger partial charge in [0.1, 0.15) is 0 Å². The number of hydrogen-bond acceptors (Lipinski definition) is 4. The Bertz CT molecular complexity index is 1300. The number of nitrogens with zero attached hydrogens (tertiary/aromatic N) is 5. The van der Waals surface area contributed by atoms with Crippen LogP contribution in [0.4, 0.5) is 0 Å². The van der Waals surface area contributed by atoms with Gasteiger partial charge < -0.3 is 9.30 Å². The molecule has 0 radical (unpaired) electrons. The maximum atomic E-state index is 12.8. The van der Waals surface area contributed by atoms with E-state index in [0.717, 1.165) is 35.3 Å². The molecule has 0 saturated carbocycles. The lowest BCUT2D eigenvalue weighted by Gasteiger charge is -2.13. The van der Waals surface area contributed by atoms with Gasteiger partial charge >= 0.3 is 5.69 Å². The van der Waals surface area contributed by atoms with Crippen LogP contribution in [-0.2, 0) is 25.4 Å². The fraction of sp³-hybridized carbons (Fsp3) is 0.350. The molecule has 8 nitrogen and oxygen atoms in total. The van der Waals surface area contributed by atoms with Crippen LogP contribution in [0.15, 0.2) is 46.1 Å². The molecule has 0 amide bonds. The lowest BCUT2D eigenvalue weighted by molar-refractivity contribution is 0.0981. The molecule has 0 bridgehead atoms. The number of imidazole rings is 2. The van der Waals surface area contributed by atoms with E-state index in [0.29, 0.717) is 23.5 Å². The summed E-state index contributed by atoms with van der Waals surface area (Å²) in [4.78, 5) is 29.8. The molecule has 1 aliphatic heterocycles. The molecule has 1 aliphatic rings. The molecular weight excluding hydrogens is 358 g/mol. The number of rotatable bonds is 3. The molecule has 0 aliphatic carbocycles. The van der Waals surface area contributed by atoms with E-state index in [4.69, 9.17) is 4.74 Å². The average molecular weight is 379 g/mol. The van der Waals surface area contributed by atoms with E-state index < -0.39 is 0 Å². The van der Waals surface area contributed by atoms with E-state index in [1.165, 1.54) is 11.6 Å². The molecular formula is C20H21N5O3. The molecule has 144 valence electrons. The molecule has 5 rings (SSSR count). The minimum Gasteiger partial charge on any atom is -0.376 e. The molecule has 3 aromatic heterocycles. The average Bonchev–Trinajstić information content (AvgIpc) is 3.42. The van der Waals surface area contributed by atoms with Crippen LogP contribution in [0.5, 0.6) is 0 Å². The highest BCUT2D eigenvalue weighted by Gasteiger charge is 2.24. The van der Waals surface area contributed by atoms with Gasteiger partial charge in [0.25, 0.3) is 5.56 Å². The van der Waals surface area contributed by atoms with Gasteiger partial charge in [0.2, 0.25) is 5.78 Å². The second kappa shape index (κ2) is 6.20. The Morgan fingerprint density at radius 2 is 1.93 bits per heavy atom. The zero-order chi connectivity index (χ0) is 19.4. The first-order chi connectivity index (χ1) is 13.6. The molecule has 1 fully saturated rings. The van der Waals surface area contributed by atoms with Crippen molar-refractivity contribution in [3.05, 3.63) is 57.4 Å². The van der Waals surface area contributed by atoms with E-state index in [-0.39, 0.29) is 17.4 Å². The van der Waals surface area contributed by atoms with Gasteiger partial charge in [-0.25, -0.2) is 4.79 Å². The fourth-order valence-electron chi connectivity index (χ4n) is 4.03. The van der Waals surface area contributed by atoms with Crippen molar-refractivity contribution in [3.63, 3.8) is 0 Å². The van der Waals surface area contributed by atoms with Crippen LogP contribution in [0, 0.1) is 0 Å². The predicted octanol–water partition coefficient (Wildman–Crippen LogP) is 1.53. The highest BCUT2D eigenvalue weighted by molar-refractivity contribution is 5.78. The van der Waals surface area contributed by atoms with Crippen molar-refractivity contribution in [1.82, 2.24) is 23.1 Å². The molecule has 4 heterocycles. The van der Waals surface area contributed by atoms with E-state index in [2.05, 4.69) is 9.55 Å². The molecule has 1 unspecified atom stereocenters. The van der Waals surface area contributed by atoms with Crippen molar-refractivity contribution in [1.29, 1.82) is 0 Å². The van der Waals surface area contributed by atoms with Gasteiger partial charge in [-0.2, -0.15) is 4.98 Å². The van der Waals surface area contributed by atoms with Gasteiger partial charge in [-0.1, -0.05) is 30.3 Å².